The van der Waals surface area contributed by atoms with Crippen LogP contribution in [0.15, 0.2) is 11.6 Å². The molecule has 0 fully saturated rings. The minimum absolute atomic E-state index is 0.196. The van der Waals surface area contributed by atoms with Crippen LogP contribution in [0.5, 0.6) is 0 Å². The second-order valence-electron chi connectivity index (χ2n) is 4.91. The molecular formula is C12H22O. The number of rotatable bonds is 2. The van der Waals surface area contributed by atoms with Gasteiger partial charge in [-0.25, -0.2) is 0 Å². The van der Waals surface area contributed by atoms with Crippen LogP contribution in [-0.4, -0.2) is 11.2 Å². The monoisotopic (exact) mass is 182 g/mol. The van der Waals surface area contributed by atoms with Crippen LogP contribution in [0, 0.1) is 17.8 Å². The first-order valence-corrected chi connectivity index (χ1v) is 5.39. The maximum absolute atomic E-state index is 9.67. The number of hydrogen-bond acceptors (Lipinski definition) is 1. The fraction of sp³-hybridized carbons (Fsp3) is 0.833. The van der Waals surface area contributed by atoms with Gasteiger partial charge in [0.1, 0.15) is 0 Å². The van der Waals surface area contributed by atoms with Gasteiger partial charge in [0.15, 0.2) is 0 Å². The Bertz CT molecular complexity index is 191. The Labute approximate surface area is 81.9 Å². The molecule has 13 heavy (non-hydrogen) atoms. The van der Waals surface area contributed by atoms with Gasteiger partial charge in [0.2, 0.25) is 0 Å². The zero-order valence-electron chi connectivity index (χ0n) is 9.25. The number of aliphatic hydroxyl groups is 1. The minimum Gasteiger partial charge on any atom is -0.389 e. The molecule has 0 spiro atoms. The molecule has 0 aliphatic heterocycles. The smallest absolute Gasteiger partial charge is 0.0726 e. The summed E-state index contributed by atoms with van der Waals surface area (Å²) < 4.78 is 0. The van der Waals surface area contributed by atoms with E-state index in [4.69, 9.17) is 0 Å². The van der Waals surface area contributed by atoms with E-state index in [0.717, 1.165) is 6.42 Å². The standard InChI is InChI=1S/C12H22O/c1-8(2)10-5-11(9(3)4)7-12(13)6-10/h6,8-9,11-13H,5,7H2,1-4H3. The predicted molar refractivity (Wildman–Crippen MR) is 56.5 cm³/mol. The third-order valence-electron chi connectivity index (χ3n) is 3.13. The summed E-state index contributed by atoms with van der Waals surface area (Å²) >= 11 is 0. The molecule has 0 aromatic rings. The molecule has 2 atom stereocenters. The Morgan fingerprint density at radius 2 is 1.92 bits per heavy atom. The summed E-state index contributed by atoms with van der Waals surface area (Å²) in [6.45, 7) is 8.92. The quantitative estimate of drug-likeness (QED) is 0.651. The molecule has 0 saturated carbocycles. The molecule has 0 aromatic heterocycles. The van der Waals surface area contributed by atoms with Crippen molar-refractivity contribution in [2.75, 3.05) is 0 Å². The minimum atomic E-state index is -0.196. The lowest BCUT2D eigenvalue weighted by molar-refractivity contribution is 0.154. The SMILES string of the molecule is CC(C)C1=CC(O)CC(C(C)C)C1. The van der Waals surface area contributed by atoms with Gasteiger partial charge in [0.05, 0.1) is 6.10 Å². The van der Waals surface area contributed by atoms with Gasteiger partial charge in [-0.05, 0) is 30.6 Å². The van der Waals surface area contributed by atoms with Crippen LogP contribution in [0.2, 0.25) is 0 Å². The van der Waals surface area contributed by atoms with Crippen molar-refractivity contribution in [3.8, 4) is 0 Å². The van der Waals surface area contributed by atoms with Gasteiger partial charge >= 0.3 is 0 Å². The highest BCUT2D eigenvalue weighted by Crippen LogP contribution is 2.33. The van der Waals surface area contributed by atoms with Crippen LogP contribution in [0.1, 0.15) is 40.5 Å². The van der Waals surface area contributed by atoms with Crippen molar-refractivity contribution in [1.82, 2.24) is 0 Å². The molecule has 0 aromatic carbocycles. The summed E-state index contributed by atoms with van der Waals surface area (Å²) in [5, 5.41) is 9.67. The number of hydrogen-bond donors (Lipinski definition) is 1. The molecule has 1 aliphatic carbocycles. The Hall–Kier alpha value is -0.300. The van der Waals surface area contributed by atoms with E-state index in [-0.39, 0.29) is 6.10 Å². The van der Waals surface area contributed by atoms with Crippen LogP contribution in [-0.2, 0) is 0 Å². The van der Waals surface area contributed by atoms with Crippen LogP contribution in [0.4, 0.5) is 0 Å². The molecule has 0 amide bonds. The zero-order chi connectivity index (χ0) is 10.0. The molecule has 76 valence electrons. The van der Waals surface area contributed by atoms with Crippen LogP contribution >= 0.6 is 0 Å². The molecular weight excluding hydrogens is 160 g/mol. The van der Waals surface area contributed by atoms with Crippen LogP contribution < -0.4 is 0 Å². The first kappa shape index (κ1) is 10.8. The largest absolute Gasteiger partial charge is 0.389 e. The Morgan fingerprint density at radius 3 is 2.38 bits per heavy atom. The van der Waals surface area contributed by atoms with Crippen molar-refractivity contribution in [1.29, 1.82) is 0 Å². The van der Waals surface area contributed by atoms with E-state index < -0.39 is 0 Å². The van der Waals surface area contributed by atoms with E-state index in [0.29, 0.717) is 17.8 Å². The molecule has 1 N–H and O–H groups in total. The molecule has 2 unspecified atom stereocenters. The Kier molecular flexibility index (Phi) is 3.55. The van der Waals surface area contributed by atoms with Crippen LogP contribution in [0.3, 0.4) is 0 Å². The summed E-state index contributed by atoms with van der Waals surface area (Å²) in [4.78, 5) is 0. The highest BCUT2D eigenvalue weighted by molar-refractivity contribution is 5.12. The van der Waals surface area contributed by atoms with Gasteiger partial charge in [-0.3, -0.25) is 0 Å². The fourth-order valence-electron chi connectivity index (χ4n) is 2.02. The fourth-order valence-corrected chi connectivity index (χ4v) is 2.02. The average Bonchev–Trinajstić information content (AvgIpc) is 2.03. The maximum Gasteiger partial charge on any atom is 0.0726 e. The lowest BCUT2D eigenvalue weighted by Gasteiger charge is -2.30. The van der Waals surface area contributed by atoms with Gasteiger partial charge in [0.25, 0.3) is 0 Å². The molecule has 0 heterocycles. The third kappa shape index (κ3) is 2.84. The van der Waals surface area contributed by atoms with Crippen molar-refractivity contribution in [3.05, 3.63) is 11.6 Å². The average molecular weight is 182 g/mol. The summed E-state index contributed by atoms with van der Waals surface area (Å²) in [6.07, 6.45) is 4.00. The predicted octanol–water partition coefficient (Wildman–Crippen LogP) is 3.00. The summed E-state index contributed by atoms with van der Waals surface area (Å²) in [5.74, 6) is 1.96. The second-order valence-corrected chi connectivity index (χ2v) is 4.91. The van der Waals surface area contributed by atoms with E-state index in [1.165, 1.54) is 12.0 Å². The van der Waals surface area contributed by atoms with Crippen molar-refractivity contribution in [3.63, 3.8) is 0 Å². The lowest BCUT2D eigenvalue weighted by Crippen LogP contribution is -2.23. The topological polar surface area (TPSA) is 20.2 Å². The van der Waals surface area contributed by atoms with Gasteiger partial charge < -0.3 is 5.11 Å². The summed E-state index contributed by atoms with van der Waals surface area (Å²) in [7, 11) is 0. The Morgan fingerprint density at radius 1 is 1.31 bits per heavy atom. The van der Waals surface area contributed by atoms with Crippen molar-refractivity contribution < 1.29 is 5.11 Å². The van der Waals surface area contributed by atoms with Crippen molar-refractivity contribution in [2.45, 2.75) is 46.6 Å². The van der Waals surface area contributed by atoms with E-state index in [9.17, 15) is 5.11 Å². The van der Waals surface area contributed by atoms with Gasteiger partial charge in [-0.1, -0.05) is 39.3 Å². The third-order valence-corrected chi connectivity index (χ3v) is 3.13. The van der Waals surface area contributed by atoms with Crippen molar-refractivity contribution >= 4 is 0 Å². The normalized spacial score (nSPS) is 29.6. The van der Waals surface area contributed by atoms with E-state index in [1.807, 2.05) is 0 Å². The first-order valence-electron chi connectivity index (χ1n) is 5.39. The summed E-state index contributed by atoms with van der Waals surface area (Å²) in [5.41, 5.74) is 1.44. The van der Waals surface area contributed by atoms with Crippen LogP contribution in [0.25, 0.3) is 0 Å². The number of aliphatic hydroxyl groups excluding tert-OH is 1. The Balaban J connectivity index is 2.67. The molecule has 1 nitrogen and oxygen atoms in total. The molecule has 0 bridgehead atoms. The zero-order valence-corrected chi connectivity index (χ0v) is 9.25. The second kappa shape index (κ2) is 4.28. The molecule has 0 saturated heterocycles. The van der Waals surface area contributed by atoms with Gasteiger partial charge in [-0.15, -0.1) is 0 Å². The first-order chi connectivity index (χ1) is 6.00. The molecule has 1 heteroatoms. The summed E-state index contributed by atoms with van der Waals surface area (Å²) in [6, 6.07) is 0. The lowest BCUT2D eigenvalue weighted by atomic mass is 9.77. The van der Waals surface area contributed by atoms with Crippen molar-refractivity contribution in [2.24, 2.45) is 17.8 Å². The maximum atomic E-state index is 9.67. The molecule has 0 radical (unpaired) electrons. The van der Waals surface area contributed by atoms with E-state index in [1.54, 1.807) is 0 Å². The van der Waals surface area contributed by atoms with Gasteiger partial charge in [-0.2, -0.15) is 0 Å². The number of allylic oxidation sites excluding steroid dienone is 1. The highest BCUT2D eigenvalue weighted by Gasteiger charge is 2.24. The highest BCUT2D eigenvalue weighted by atomic mass is 16.3. The molecule has 1 rings (SSSR count). The molecule has 1 aliphatic rings. The van der Waals surface area contributed by atoms with E-state index >= 15 is 0 Å². The van der Waals surface area contributed by atoms with E-state index in [2.05, 4.69) is 33.8 Å². The van der Waals surface area contributed by atoms with Gasteiger partial charge in [0, 0.05) is 0 Å².